The van der Waals surface area contributed by atoms with Crippen molar-refractivity contribution in [3.05, 3.63) is 12.4 Å². The summed E-state index contributed by atoms with van der Waals surface area (Å²) >= 11 is 0. The number of halogens is 3. The summed E-state index contributed by atoms with van der Waals surface area (Å²) in [5, 5.41) is 12.3. The van der Waals surface area contributed by atoms with Crippen LogP contribution < -0.4 is 4.90 Å². The van der Waals surface area contributed by atoms with Crippen molar-refractivity contribution in [1.29, 1.82) is 0 Å². The summed E-state index contributed by atoms with van der Waals surface area (Å²) in [7, 11) is 0. The van der Waals surface area contributed by atoms with E-state index in [2.05, 4.69) is 5.10 Å². The van der Waals surface area contributed by atoms with Gasteiger partial charge in [-0.1, -0.05) is 0 Å². The van der Waals surface area contributed by atoms with Crippen LogP contribution in [0.2, 0.25) is 0 Å². The van der Waals surface area contributed by atoms with Crippen molar-refractivity contribution in [1.82, 2.24) is 9.78 Å². The van der Waals surface area contributed by atoms with E-state index in [1.54, 1.807) is 0 Å². The van der Waals surface area contributed by atoms with Gasteiger partial charge in [0.05, 0.1) is 17.8 Å². The largest absolute Gasteiger partial charge is 0.481 e. The fourth-order valence-corrected chi connectivity index (χ4v) is 1.88. The van der Waals surface area contributed by atoms with E-state index < -0.39 is 30.5 Å². The summed E-state index contributed by atoms with van der Waals surface area (Å²) in [5.74, 6) is -2.36. The highest BCUT2D eigenvalue weighted by molar-refractivity contribution is 5.98. The van der Waals surface area contributed by atoms with Crippen LogP contribution in [0.5, 0.6) is 0 Å². The number of rotatable bonds is 3. The summed E-state index contributed by atoms with van der Waals surface area (Å²) in [4.78, 5) is 23.5. The number of amides is 1. The van der Waals surface area contributed by atoms with Crippen LogP contribution in [0.3, 0.4) is 0 Å². The number of alkyl halides is 3. The molecule has 1 aromatic rings. The zero-order valence-electron chi connectivity index (χ0n) is 9.59. The topological polar surface area (TPSA) is 75.4 Å². The molecule has 6 nitrogen and oxygen atoms in total. The van der Waals surface area contributed by atoms with Gasteiger partial charge >= 0.3 is 12.1 Å². The van der Waals surface area contributed by atoms with E-state index >= 15 is 0 Å². The van der Waals surface area contributed by atoms with Gasteiger partial charge in [-0.05, 0) is 0 Å². The second-order valence-electron chi connectivity index (χ2n) is 4.25. The molecule has 104 valence electrons. The number of aliphatic carboxylic acids is 1. The van der Waals surface area contributed by atoms with Gasteiger partial charge in [0.1, 0.15) is 6.54 Å². The minimum absolute atomic E-state index is 0.0497. The number of aromatic nitrogens is 2. The highest BCUT2D eigenvalue weighted by Gasteiger charge is 2.36. The number of carbonyl (C=O) groups excluding carboxylic acids is 1. The van der Waals surface area contributed by atoms with Crippen LogP contribution in [0.1, 0.15) is 6.42 Å². The second-order valence-corrected chi connectivity index (χ2v) is 4.25. The zero-order chi connectivity index (χ0) is 14.2. The first kappa shape index (κ1) is 13.4. The third kappa shape index (κ3) is 3.04. The van der Waals surface area contributed by atoms with E-state index in [-0.39, 0.29) is 18.7 Å². The molecule has 1 fully saturated rings. The Morgan fingerprint density at radius 2 is 2.21 bits per heavy atom. The molecule has 1 amide bonds. The summed E-state index contributed by atoms with van der Waals surface area (Å²) in [6, 6.07) is 0. The first-order valence-corrected chi connectivity index (χ1v) is 5.38. The lowest BCUT2D eigenvalue weighted by atomic mass is 10.1. The lowest BCUT2D eigenvalue weighted by Crippen LogP contribution is -2.25. The van der Waals surface area contributed by atoms with Crippen LogP contribution in [0.4, 0.5) is 18.9 Å². The Morgan fingerprint density at radius 1 is 1.53 bits per heavy atom. The molecule has 1 aromatic heterocycles. The number of carboxylic acids is 1. The normalized spacial score (nSPS) is 20.1. The fraction of sp³-hybridized carbons (Fsp3) is 0.500. The van der Waals surface area contributed by atoms with Gasteiger partial charge in [-0.3, -0.25) is 14.3 Å². The maximum Gasteiger partial charge on any atom is 0.408 e. The molecule has 0 spiro atoms. The highest BCUT2D eigenvalue weighted by atomic mass is 19.4. The monoisotopic (exact) mass is 277 g/mol. The van der Waals surface area contributed by atoms with Gasteiger partial charge in [0, 0.05) is 19.2 Å². The van der Waals surface area contributed by atoms with Crippen LogP contribution in [0.25, 0.3) is 0 Å². The van der Waals surface area contributed by atoms with Crippen molar-refractivity contribution >= 4 is 17.6 Å². The van der Waals surface area contributed by atoms with Crippen LogP contribution in [-0.2, 0) is 16.1 Å². The Hall–Kier alpha value is -2.06. The number of hydrogen-bond acceptors (Lipinski definition) is 3. The average molecular weight is 277 g/mol. The van der Waals surface area contributed by atoms with Gasteiger partial charge in [-0.15, -0.1) is 0 Å². The molecule has 19 heavy (non-hydrogen) atoms. The van der Waals surface area contributed by atoms with Gasteiger partial charge in [0.2, 0.25) is 5.91 Å². The third-order valence-corrected chi connectivity index (χ3v) is 2.75. The average Bonchev–Trinajstić information content (AvgIpc) is 2.82. The predicted molar refractivity (Wildman–Crippen MR) is 56.4 cm³/mol. The molecule has 1 saturated heterocycles. The Morgan fingerprint density at radius 3 is 2.74 bits per heavy atom. The molecule has 0 radical (unpaired) electrons. The Kier molecular flexibility index (Phi) is 3.21. The molecule has 1 atom stereocenters. The molecule has 1 unspecified atom stereocenters. The quantitative estimate of drug-likeness (QED) is 0.890. The number of carbonyl (C=O) groups is 2. The van der Waals surface area contributed by atoms with Crippen molar-refractivity contribution in [2.75, 3.05) is 11.4 Å². The molecule has 2 rings (SSSR count). The van der Waals surface area contributed by atoms with E-state index in [0.717, 1.165) is 17.3 Å². The second kappa shape index (κ2) is 4.56. The van der Waals surface area contributed by atoms with Crippen molar-refractivity contribution in [2.24, 2.45) is 5.92 Å². The Labute approximate surface area is 105 Å². The molecule has 1 aliphatic rings. The first-order chi connectivity index (χ1) is 8.76. The number of anilines is 1. The lowest BCUT2D eigenvalue weighted by Gasteiger charge is -2.12. The molecule has 2 heterocycles. The van der Waals surface area contributed by atoms with Crippen molar-refractivity contribution < 1.29 is 27.9 Å². The van der Waals surface area contributed by atoms with Crippen LogP contribution in [0.15, 0.2) is 12.4 Å². The number of nitrogens with zero attached hydrogens (tertiary/aromatic N) is 3. The predicted octanol–water partition coefficient (Wildman–Crippen LogP) is 0.883. The fourth-order valence-electron chi connectivity index (χ4n) is 1.88. The van der Waals surface area contributed by atoms with E-state index in [4.69, 9.17) is 5.11 Å². The highest BCUT2D eigenvalue weighted by Crippen LogP contribution is 2.25. The first-order valence-electron chi connectivity index (χ1n) is 5.38. The van der Waals surface area contributed by atoms with Crippen LogP contribution >= 0.6 is 0 Å². The van der Waals surface area contributed by atoms with Gasteiger partial charge in [0.15, 0.2) is 0 Å². The Balaban J connectivity index is 2.11. The van der Waals surface area contributed by atoms with E-state index in [1.807, 2.05) is 0 Å². The zero-order valence-corrected chi connectivity index (χ0v) is 9.59. The maximum absolute atomic E-state index is 12.2. The number of carboxylic acid groups (broad SMARTS) is 1. The van der Waals surface area contributed by atoms with E-state index in [9.17, 15) is 22.8 Å². The maximum atomic E-state index is 12.2. The van der Waals surface area contributed by atoms with Crippen LogP contribution in [0, 0.1) is 5.92 Å². The molecule has 0 aromatic carbocycles. The Bertz CT molecular complexity index is 512. The van der Waals surface area contributed by atoms with Crippen molar-refractivity contribution in [3.63, 3.8) is 0 Å². The SMILES string of the molecule is O=C(O)C1CC(=O)N(c2cnn(CC(F)(F)F)c2)C1. The summed E-state index contributed by atoms with van der Waals surface area (Å²) in [6.07, 6.45) is -2.36. The van der Waals surface area contributed by atoms with Crippen molar-refractivity contribution in [2.45, 2.75) is 19.1 Å². The van der Waals surface area contributed by atoms with E-state index in [1.165, 1.54) is 0 Å². The third-order valence-electron chi connectivity index (χ3n) is 2.75. The molecule has 9 heteroatoms. The minimum Gasteiger partial charge on any atom is -0.481 e. The molecular weight excluding hydrogens is 267 g/mol. The van der Waals surface area contributed by atoms with Gasteiger partial charge in [0.25, 0.3) is 0 Å². The summed E-state index contributed by atoms with van der Waals surface area (Å²) in [6.45, 7) is -1.30. The number of hydrogen-bond donors (Lipinski definition) is 1. The van der Waals surface area contributed by atoms with Gasteiger partial charge < -0.3 is 10.0 Å². The minimum atomic E-state index is -4.40. The smallest absolute Gasteiger partial charge is 0.408 e. The van der Waals surface area contributed by atoms with Gasteiger partial charge in [-0.2, -0.15) is 18.3 Å². The van der Waals surface area contributed by atoms with Gasteiger partial charge in [-0.25, -0.2) is 0 Å². The molecule has 1 N–H and O–H groups in total. The van der Waals surface area contributed by atoms with Crippen LogP contribution in [-0.4, -0.2) is 39.5 Å². The molecular formula is C10H10F3N3O3. The van der Waals surface area contributed by atoms with E-state index in [0.29, 0.717) is 4.68 Å². The summed E-state index contributed by atoms with van der Waals surface area (Å²) in [5.41, 5.74) is 0.179. The molecule has 0 bridgehead atoms. The molecule has 0 aliphatic carbocycles. The lowest BCUT2D eigenvalue weighted by molar-refractivity contribution is -0.143. The molecule has 0 saturated carbocycles. The summed E-state index contributed by atoms with van der Waals surface area (Å²) < 4.78 is 37.1. The standard InChI is InChI=1S/C10H10F3N3O3/c11-10(12,13)5-15-4-7(2-14-15)16-3-6(9(18)19)1-8(16)17/h2,4,6H,1,3,5H2,(H,18,19). The molecule has 1 aliphatic heterocycles. The van der Waals surface area contributed by atoms with Crippen molar-refractivity contribution in [3.8, 4) is 0 Å².